The second-order valence-corrected chi connectivity index (χ2v) is 11.8. The lowest BCUT2D eigenvalue weighted by atomic mass is 9.99. The third-order valence-corrected chi connectivity index (χ3v) is 8.12. The first-order chi connectivity index (χ1) is 17.2. The molecule has 0 saturated carbocycles. The molecule has 1 saturated heterocycles. The average molecular weight is 516 g/mol. The zero-order valence-electron chi connectivity index (χ0n) is 21.5. The summed E-state index contributed by atoms with van der Waals surface area (Å²) < 4.78 is 36.9. The molecule has 2 aliphatic rings. The third-order valence-electron chi connectivity index (χ3n) is 6.81. The van der Waals surface area contributed by atoms with Gasteiger partial charge in [0.1, 0.15) is 12.4 Å². The van der Waals surface area contributed by atoms with Crippen molar-refractivity contribution in [1.82, 2.24) is 14.1 Å². The summed E-state index contributed by atoms with van der Waals surface area (Å²) in [5.74, 6) is 0.665. The highest BCUT2D eigenvalue weighted by atomic mass is 32.2. The van der Waals surface area contributed by atoms with Gasteiger partial charge in [-0.3, -0.25) is 9.69 Å². The van der Waals surface area contributed by atoms with Crippen LogP contribution >= 0.6 is 0 Å². The molecular weight excluding hydrogens is 478 g/mol. The molecule has 36 heavy (non-hydrogen) atoms. The SMILES string of the molecule is CC(C)N1CCOCCOc2ccc(C(=O)N3CCN(S(C)(=O)=O)CC3)cc2Cc2cccc(c2)C1. The number of nitrogens with zero attached hydrogens (tertiary/aromatic N) is 3. The molecule has 0 spiro atoms. The molecular formula is C27H37N3O5S. The van der Waals surface area contributed by atoms with Crippen molar-refractivity contribution in [2.24, 2.45) is 0 Å². The zero-order valence-corrected chi connectivity index (χ0v) is 22.3. The minimum Gasteiger partial charge on any atom is -0.491 e. The lowest BCUT2D eigenvalue weighted by Gasteiger charge is -2.33. The maximum atomic E-state index is 13.3. The van der Waals surface area contributed by atoms with Crippen LogP contribution in [-0.2, 0) is 27.7 Å². The van der Waals surface area contributed by atoms with Crippen LogP contribution in [-0.4, -0.2) is 93.3 Å². The number of carbonyl (C=O) groups excluding carboxylic acids is 1. The van der Waals surface area contributed by atoms with E-state index in [1.165, 1.54) is 21.7 Å². The molecule has 0 N–H and O–H groups in total. The number of ether oxygens (including phenoxy) is 2. The Morgan fingerprint density at radius 1 is 0.917 bits per heavy atom. The van der Waals surface area contributed by atoms with E-state index in [1.54, 1.807) is 11.0 Å². The minimum absolute atomic E-state index is 0.0879. The van der Waals surface area contributed by atoms with Gasteiger partial charge in [0.25, 0.3) is 5.91 Å². The monoisotopic (exact) mass is 515 g/mol. The van der Waals surface area contributed by atoms with Crippen molar-refractivity contribution in [3.05, 3.63) is 64.7 Å². The van der Waals surface area contributed by atoms with E-state index in [2.05, 4.69) is 43.0 Å². The summed E-state index contributed by atoms with van der Waals surface area (Å²) in [6.45, 7) is 9.11. The fourth-order valence-corrected chi connectivity index (χ4v) is 5.53. The largest absolute Gasteiger partial charge is 0.491 e. The van der Waals surface area contributed by atoms with Gasteiger partial charge in [0.15, 0.2) is 0 Å². The summed E-state index contributed by atoms with van der Waals surface area (Å²) >= 11 is 0. The number of benzene rings is 2. The Morgan fingerprint density at radius 2 is 1.67 bits per heavy atom. The van der Waals surface area contributed by atoms with Gasteiger partial charge in [-0.2, -0.15) is 4.31 Å². The molecule has 2 aromatic rings. The fourth-order valence-electron chi connectivity index (χ4n) is 4.70. The average Bonchev–Trinajstić information content (AvgIpc) is 2.85. The van der Waals surface area contributed by atoms with Crippen LogP contribution in [0.15, 0.2) is 42.5 Å². The first-order valence-electron chi connectivity index (χ1n) is 12.6. The van der Waals surface area contributed by atoms with Crippen LogP contribution in [0.5, 0.6) is 5.75 Å². The van der Waals surface area contributed by atoms with E-state index >= 15 is 0 Å². The van der Waals surface area contributed by atoms with Crippen LogP contribution in [0.25, 0.3) is 0 Å². The smallest absolute Gasteiger partial charge is 0.253 e. The molecule has 0 radical (unpaired) electrons. The molecule has 8 nitrogen and oxygen atoms in total. The topological polar surface area (TPSA) is 79.4 Å². The zero-order chi connectivity index (χ0) is 25.7. The third kappa shape index (κ3) is 6.85. The highest BCUT2D eigenvalue weighted by Crippen LogP contribution is 2.26. The van der Waals surface area contributed by atoms with Crippen molar-refractivity contribution < 1.29 is 22.7 Å². The number of hydrogen-bond acceptors (Lipinski definition) is 6. The first kappa shape index (κ1) is 26.6. The Balaban J connectivity index is 1.56. The molecule has 1 amide bonds. The van der Waals surface area contributed by atoms with Gasteiger partial charge >= 0.3 is 0 Å². The highest BCUT2D eigenvalue weighted by molar-refractivity contribution is 7.88. The van der Waals surface area contributed by atoms with E-state index in [4.69, 9.17) is 9.47 Å². The van der Waals surface area contributed by atoms with Crippen molar-refractivity contribution >= 4 is 15.9 Å². The quantitative estimate of drug-likeness (QED) is 0.625. The van der Waals surface area contributed by atoms with Crippen molar-refractivity contribution in [3.8, 4) is 5.75 Å². The molecule has 4 rings (SSSR count). The Labute approximate surface area is 214 Å². The number of fused-ring (bicyclic) bond motifs is 3. The van der Waals surface area contributed by atoms with Gasteiger partial charge in [0.2, 0.25) is 10.0 Å². The molecule has 0 atom stereocenters. The summed E-state index contributed by atoms with van der Waals surface area (Å²) in [6, 6.07) is 14.6. The molecule has 2 aliphatic heterocycles. The maximum Gasteiger partial charge on any atom is 0.253 e. The number of amides is 1. The van der Waals surface area contributed by atoms with Gasteiger partial charge in [-0.05, 0) is 48.7 Å². The molecule has 2 aromatic carbocycles. The van der Waals surface area contributed by atoms with E-state index in [1.807, 2.05) is 12.1 Å². The number of carbonyl (C=O) groups is 1. The Morgan fingerprint density at radius 3 is 2.39 bits per heavy atom. The first-order valence-corrected chi connectivity index (χ1v) is 14.5. The Bertz CT molecular complexity index is 1160. The molecule has 9 heteroatoms. The molecule has 2 heterocycles. The fraction of sp³-hybridized carbons (Fsp3) is 0.519. The summed E-state index contributed by atoms with van der Waals surface area (Å²) in [5, 5.41) is 0. The van der Waals surface area contributed by atoms with Gasteiger partial charge < -0.3 is 14.4 Å². The number of piperazine rings is 1. The van der Waals surface area contributed by atoms with Gasteiger partial charge in [-0.25, -0.2) is 8.42 Å². The summed E-state index contributed by atoms with van der Waals surface area (Å²) in [6.07, 6.45) is 1.85. The van der Waals surface area contributed by atoms with Crippen LogP contribution in [0.3, 0.4) is 0 Å². The highest BCUT2D eigenvalue weighted by Gasteiger charge is 2.27. The predicted octanol–water partition coefficient (Wildman–Crippen LogP) is 2.61. The minimum atomic E-state index is -3.24. The molecule has 2 bridgehead atoms. The molecule has 196 valence electrons. The van der Waals surface area contributed by atoms with E-state index in [0.29, 0.717) is 64.0 Å². The second-order valence-electron chi connectivity index (χ2n) is 9.80. The van der Waals surface area contributed by atoms with Crippen molar-refractivity contribution in [1.29, 1.82) is 0 Å². The number of hydrogen-bond donors (Lipinski definition) is 0. The van der Waals surface area contributed by atoms with E-state index in [0.717, 1.165) is 24.4 Å². The standard InChI is InChI=1S/C27H37N3O5S/c1-21(2)29-13-14-34-15-16-35-26-8-7-24(19-25(26)18-22-5-4-6-23(17-22)20-29)27(31)28-9-11-30(12-10-28)36(3,32)33/h4-8,17,19,21H,9-16,18,20H2,1-3H3. The summed E-state index contributed by atoms with van der Waals surface area (Å²) in [4.78, 5) is 17.4. The van der Waals surface area contributed by atoms with Gasteiger partial charge in [0, 0.05) is 57.3 Å². The van der Waals surface area contributed by atoms with Crippen molar-refractivity contribution in [2.45, 2.75) is 32.9 Å². The Hall–Kier alpha value is -2.46. The number of rotatable bonds is 3. The van der Waals surface area contributed by atoms with Crippen molar-refractivity contribution in [3.63, 3.8) is 0 Å². The lowest BCUT2D eigenvalue weighted by molar-refractivity contribution is 0.0690. The lowest BCUT2D eigenvalue weighted by Crippen LogP contribution is -2.50. The second kappa shape index (κ2) is 11.7. The van der Waals surface area contributed by atoms with E-state index in [9.17, 15) is 13.2 Å². The van der Waals surface area contributed by atoms with Crippen LogP contribution in [0, 0.1) is 0 Å². The summed E-state index contributed by atoms with van der Waals surface area (Å²) in [5.41, 5.74) is 3.95. The van der Waals surface area contributed by atoms with Gasteiger partial charge in [-0.1, -0.05) is 24.3 Å². The van der Waals surface area contributed by atoms with Crippen molar-refractivity contribution in [2.75, 3.05) is 58.8 Å². The normalized spacial score (nSPS) is 18.8. The maximum absolute atomic E-state index is 13.3. The Kier molecular flexibility index (Phi) is 8.66. The molecule has 0 unspecified atom stereocenters. The predicted molar refractivity (Wildman–Crippen MR) is 140 cm³/mol. The molecule has 0 aromatic heterocycles. The van der Waals surface area contributed by atoms with Gasteiger partial charge in [0.05, 0.1) is 19.5 Å². The van der Waals surface area contributed by atoms with Crippen LogP contribution in [0.1, 0.15) is 40.9 Å². The van der Waals surface area contributed by atoms with Crippen LogP contribution in [0.4, 0.5) is 0 Å². The van der Waals surface area contributed by atoms with E-state index in [-0.39, 0.29) is 5.91 Å². The van der Waals surface area contributed by atoms with E-state index < -0.39 is 10.0 Å². The summed E-state index contributed by atoms with van der Waals surface area (Å²) in [7, 11) is -3.24. The molecule has 1 fully saturated rings. The van der Waals surface area contributed by atoms with Crippen LogP contribution in [0.2, 0.25) is 0 Å². The molecule has 0 aliphatic carbocycles. The number of sulfonamides is 1. The van der Waals surface area contributed by atoms with Gasteiger partial charge in [-0.15, -0.1) is 0 Å². The van der Waals surface area contributed by atoms with Crippen LogP contribution < -0.4 is 4.74 Å².